The normalized spacial score (nSPS) is 20.7. The smallest absolute Gasteiger partial charge is 0.325 e. The predicted octanol–water partition coefficient (Wildman–Crippen LogP) is 2.96. The Bertz CT molecular complexity index is 389. The molecule has 1 aliphatic heterocycles. The molecule has 2 aliphatic rings. The Morgan fingerprint density at radius 3 is 2.57 bits per heavy atom. The van der Waals surface area contributed by atoms with E-state index in [9.17, 15) is 9.59 Å². The van der Waals surface area contributed by atoms with Crippen molar-refractivity contribution in [2.75, 3.05) is 13.2 Å². The number of hydrogen-bond acceptors (Lipinski definition) is 3. The molecule has 5 heteroatoms. The molecule has 2 rings (SSSR count). The second-order valence-corrected chi connectivity index (χ2v) is 5.98. The molecule has 118 valence electrons. The van der Waals surface area contributed by atoms with Crippen LogP contribution in [0.25, 0.3) is 0 Å². The van der Waals surface area contributed by atoms with Crippen LogP contribution in [0.4, 0.5) is 4.79 Å². The molecule has 1 N–H and O–H groups in total. The van der Waals surface area contributed by atoms with Crippen LogP contribution in [-0.2, 0) is 9.53 Å². The van der Waals surface area contributed by atoms with Gasteiger partial charge in [-0.1, -0.05) is 38.7 Å². The first-order valence-corrected chi connectivity index (χ1v) is 8.06. The lowest BCUT2D eigenvalue weighted by Crippen LogP contribution is -2.48. The van der Waals surface area contributed by atoms with Gasteiger partial charge < -0.3 is 10.1 Å². The summed E-state index contributed by atoms with van der Waals surface area (Å²) in [6, 6.07) is -0.197. The zero-order valence-corrected chi connectivity index (χ0v) is 12.7. The SMILES string of the molecule is C=COCCCCCCN1C(=O)NC2(CCCCC2)C1=O. The third-order valence-corrected chi connectivity index (χ3v) is 4.46. The van der Waals surface area contributed by atoms with Gasteiger partial charge in [-0.25, -0.2) is 4.79 Å². The van der Waals surface area contributed by atoms with Gasteiger partial charge in [0.25, 0.3) is 5.91 Å². The molecule has 1 saturated carbocycles. The van der Waals surface area contributed by atoms with E-state index in [4.69, 9.17) is 4.74 Å². The van der Waals surface area contributed by atoms with Crippen LogP contribution in [0.2, 0.25) is 0 Å². The van der Waals surface area contributed by atoms with Gasteiger partial charge in [0.1, 0.15) is 5.54 Å². The van der Waals surface area contributed by atoms with Gasteiger partial charge in [-0.2, -0.15) is 0 Å². The molecular weight excluding hydrogens is 268 g/mol. The van der Waals surface area contributed by atoms with Crippen LogP contribution < -0.4 is 5.32 Å². The van der Waals surface area contributed by atoms with Crippen molar-refractivity contribution < 1.29 is 14.3 Å². The van der Waals surface area contributed by atoms with E-state index in [1.807, 2.05) is 0 Å². The summed E-state index contributed by atoms with van der Waals surface area (Å²) >= 11 is 0. The molecule has 1 saturated heterocycles. The molecule has 0 aromatic rings. The molecule has 0 aromatic carbocycles. The van der Waals surface area contributed by atoms with Gasteiger partial charge in [0.2, 0.25) is 0 Å². The lowest BCUT2D eigenvalue weighted by atomic mass is 9.82. The number of rotatable bonds is 8. The Balaban J connectivity index is 1.72. The summed E-state index contributed by atoms with van der Waals surface area (Å²) in [5.41, 5.74) is -0.576. The first kappa shape index (κ1) is 15.9. The maximum Gasteiger partial charge on any atom is 0.325 e. The van der Waals surface area contributed by atoms with Gasteiger partial charge in [0, 0.05) is 6.54 Å². The van der Waals surface area contributed by atoms with Crippen LogP contribution >= 0.6 is 0 Å². The van der Waals surface area contributed by atoms with E-state index in [1.54, 1.807) is 0 Å². The highest BCUT2D eigenvalue weighted by Crippen LogP contribution is 2.33. The Labute approximate surface area is 126 Å². The minimum atomic E-state index is -0.576. The van der Waals surface area contributed by atoms with Gasteiger partial charge in [-0.15, -0.1) is 0 Å². The number of carbonyl (C=O) groups is 2. The average Bonchev–Trinajstić information content (AvgIpc) is 2.71. The number of ether oxygens (including phenoxy) is 1. The molecule has 3 amide bonds. The fourth-order valence-corrected chi connectivity index (χ4v) is 3.27. The van der Waals surface area contributed by atoms with E-state index < -0.39 is 5.54 Å². The third kappa shape index (κ3) is 3.77. The van der Waals surface area contributed by atoms with Crippen molar-refractivity contribution >= 4 is 11.9 Å². The highest BCUT2D eigenvalue weighted by Gasteiger charge is 2.50. The quantitative estimate of drug-likeness (QED) is 0.425. The fraction of sp³-hybridized carbons (Fsp3) is 0.750. The summed E-state index contributed by atoms with van der Waals surface area (Å²) in [4.78, 5) is 26.0. The number of hydrogen-bond donors (Lipinski definition) is 1. The summed E-state index contributed by atoms with van der Waals surface area (Å²) in [6.07, 6.45) is 10.2. The second kappa shape index (κ2) is 7.48. The fourth-order valence-electron chi connectivity index (χ4n) is 3.27. The van der Waals surface area contributed by atoms with E-state index in [0.717, 1.165) is 57.8 Å². The summed E-state index contributed by atoms with van der Waals surface area (Å²) in [5.74, 6) is 0.00203. The van der Waals surface area contributed by atoms with Gasteiger partial charge in [-0.05, 0) is 25.7 Å². The highest BCUT2D eigenvalue weighted by molar-refractivity contribution is 6.07. The number of nitrogens with zero attached hydrogens (tertiary/aromatic N) is 1. The van der Waals surface area contributed by atoms with Gasteiger partial charge in [0.15, 0.2) is 0 Å². The molecule has 1 spiro atoms. The van der Waals surface area contributed by atoms with Gasteiger partial charge in [-0.3, -0.25) is 9.69 Å². The minimum Gasteiger partial charge on any atom is -0.502 e. The Kier molecular flexibility index (Phi) is 5.65. The molecule has 0 bridgehead atoms. The van der Waals surface area contributed by atoms with Crippen LogP contribution in [0.15, 0.2) is 12.8 Å². The highest BCUT2D eigenvalue weighted by atomic mass is 16.5. The van der Waals surface area contributed by atoms with Crippen LogP contribution in [0.3, 0.4) is 0 Å². The number of imide groups is 1. The van der Waals surface area contributed by atoms with Crippen molar-refractivity contribution in [2.45, 2.75) is 63.3 Å². The Hall–Kier alpha value is -1.52. The van der Waals surface area contributed by atoms with E-state index in [0.29, 0.717) is 13.2 Å². The Morgan fingerprint density at radius 2 is 1.86 bits per heavy atom. The molecule has 1 heterocycles. The molecule has 0 atom stereocenters. The number of urea groups is 1. The zero-order valence-electron chi connectivity index (χ0n) is 12.7. The van der Waals surface area contributed by atoms with Crippen molar-refractivity contribution in [1.82, 2.24) is 10.2 Å². The van der Waals surface area contributed by atoms with E-state index >= 15 is 0 Å². The van der Waals surface area contributed by atoms with Crippen LogP contribution in [0.5, 0.6) is 0 Å². The average molecular weight is 294 g/mol. The van der Waals surface area contributed by atoms with Crippen molar-refractivity contribution in [2.24, 2.45) is 0 Å². The number of amides is 3. The van der Waals surface area contributed by atoms with Crippen molar-refractivity contribution in [3.63, 3.8) is 0 Å². The number of carbonyl (C=O) groups excluding carboxylic acids is 2. The summed E-state index contributed by atoms with van der Waals surface area (Å²) in [7, 11) is 0. The molecule has 0 unspecified atom stereocenters. The third-order valence-electron chi connectivity index (χ3n) is 4.46. The van der Waals surface area contributed by atoms with Crippen molar-refractivity contribution in [1.29, 1.82) is 0 Å². The molecular formula is C16H26N2O3. The number of nitrogens with one attached hydrogen (secondary N) is 1. The minimum absolute atomic E-state index is 0.00203. The molecule has 21 heavy (non-hydrogen) atoms. The van der Waals surface area contributed by atoms with Gasteiger partial charge in [0.05, 0.1) is 12.9 Å². The largest absolute Gasteiger partial charge is 0.502 e. The van der Waals surface area contributed by atoms with E-state index in [1.165, 1.54) is 11.2 Å². The maximum atomic E-state index is 12.5. The topological polar surface area (TPSA) is 58.6 Å². The standard InChI is InChI=1S/C16H26N2O3/c1-2-21-13-9-4-3-8-12-18-14(19)16(17-15(18)20)10-6-5-7-11-16/h2H,1,3-13H2,(H,17,20). The van der Waals surface area contributed by atoms with Crippen molar-refractivity contribution in [3.05, 3.63) is 12.8 Å². The first-order valence-electron chi connectivity index (χ1n) is 8.06. The van der Waals surface area contributed by atoms with Gasteiger partial charge >= 0.3 is 6.03 Å². The maximum absolute atomic E-state index is 12.5. The monoisotopic (exact) mass is 294 g/mol. The molecule has 2 fully saturated rings. The summed E-state index contributed by atoms with van der Waals surface area (Å²) in [6.45, 7) is 4.72. The van der Waals surface area contributed by atoms with E-state index in [-0.39, 0.29) is 11.9 Å². The Morgan fingerprint density at radius 1 is 1.14 bits per heavy atom. The second-order valence-electron chi connectivity index (χ2n) is 5.98. The zero-order chi connectivity index (χ0) is 15.1. The predicted molar refractivity (Wildman–Crippen MR) is 80.7 cm³/mol. The first-order chi connectivity index (χ1) is 10.2. The number of unbranched alkanes of at least 4 members (excludes halogenated alkanes) is 3. The molecule has 5 nitrogen and oxygen atoms in total. The van der Waals surface area contributed by atoms with Crippen LogP contribution in [0, 0.1) is 0 Å². The summed E-state index contributed by atoms with van der Waals surface area (Å²) in [5, 5.41) is 2.94. The lowest BCUT2D eigenvalue weighted by Gasteiger charge is -2.30. The summed E-state index contributed by atoms with van der Waals surface area (Å²) < 4.78 is 5.06. The molecule has 1 aliphatic carbocycles. The molecule has 0 radical (unpaired) electrons. The molecule has 0 aromatic heterocycles. The van der Waals surface area contributed by atoms with Crippen molar-refractivity contribution in [3.8, 4) is 0 Å². The van der Waals surface area contributed by atoms with Crippen LogP contribution in [0.1, 0.15) is 57.8 Å². The van der Waals surface area contributed by atoms with E-state index in [2.05, 4.69) is 11.9 Å². The van der Waals surface area contributed by atoms with Crippen LogP contribution in [-0.4, -0.2) is 35.5 Å². The lowest BCUT2D eigenvalue weighted by molar-refractivity contribution is -0.132.